The van der Waals surface area contributed by atoms with Crippen molar-refractivity contribution in [1.29, 1.82) is 0 Å². The number of anilines is 4. The van der Waals surface area contributed by atoms with Crippen LogP contribution in [0.4, 0.5) is 23.1 Å². The number of pyridine rings is 3. The Bertz CT molecular complexity index is 1560. The number of rotatable bonds is 9. The third-order valence-electron chi connectivity index (χ3n) is 5.54. The molecule has 3 aromatic heterocycles. The molecule has 2 N–H and O–H groups in total. The highest BCUT2D eigenvalue weighted by Gasteiger charge is 2.14. The van der Waals surface area contributed by atoms with Gasteiger partial charge in [-0.25, -0.2) is 18.4 Å². The Kier molecular flexibility index (Phi) is 7.37. The lowest BCUT2D eigenvalue weighted by molar-refractivity contribution is 0.381. The lowest BCUT2D eigenvalue weighted by Gasteiger charge is -2.15. The SMILES string of the molecule is Cc1ccnc(Nc2cc3ccn(CCN(C)C)c(=O)c3c(Nc3cccc(CS(C)(=O)=O)c3)n2)c1. The summed E-state index contributed by atoms with van der Waals surface area (Å²) >= 11 is 0. The molecule has 0 saturated carbocycles. The fourth-order valence-electron chi connectivity index (χ4n) is 3.85. The molecule has 0 unspecified atom stereocenters. The maximum absolute atomic E-state index is 13.5. The number of fused-ring (bicyclic) bond motifs is 1. The van der Waals surface area contributed by atoms with Crippen molar-refractivity contribution in [3.05, 3.63) is 82.4 Å². The van der Waals surface area contributed by atoms with Gasteiger partial charge in [0.15, 0.2) is 9.84 Å². The van der Waals surface area contributed by atoms with E-state index in [-0.39, 0.29) is 11.3 Å². The second-order valence-corrected chi connectivity index (χ2v) is 11.3. The fourth-order valence-corrected chi connectivity index (χ4v) is 4.64. The number of hydrogen-bond acceptors (Lipinski definition) is 8. The van der Waals surface area contributed by atoms with Crippen LogP contribution >= 0.6 is 0 Å². The van der Waals surface area contributed by atoms with Crippen LogP contribution in [-0.2, 0) is 22.1 Å². The number of nitrogens with zero attached hydrogens (tertiary/aromatic N) is 4. The molecule has 0 atom stereocenters. The van der Waals surface area contributed by atoms with Crippen molar-refractivity contribution >= 4 is 43.8 Å². The zero-order chi connectivity index (χ0) is 25.9. The first-order valence-electron chi connectivity index (χ1n) is 11.5. The molecule has 4 aromatic rings. The first kappa shape index (κ1) is 25.3. The number of likely N-dealkylation sites (N-methyl/N-ethyl adjacent to an activating group) is 1. The summed E-state index contributed by atoms with van der Waals surface area (Å²) in [6.07, 6.45) is 4.71. The molecular weight excluding hydrogens is 476 g/mol. The zero-order valence-corrected chi connectivity index (χ0v) is 21.6. The van der Waals surface area contributed by atoms with E-state index >= 15 is 0 Å². The van der Waals surface area contributed by atoms with Crippen LogP contribution in [0.1, 0.15) is 11.1 Å². The van der Waals surface area contributed by atoms with Crippen molar-refractivity contribution in [3.8, 4) is 0 Å². The molecule has 188 valence electrons. The average molecular weight is 507 g/mol. The van der Waals surface area contributed by atoms with Gasteiger partial charge in [-0.05, 0) is 73.9 Å². The van der Waals surface area contributed by atoms with Crippen LogP contribution in [0.3, 0.4) is 0 Å². The lowest BCUT2D eigenvalue weighted by Crippen LogP contribution is -2.26. The number of hydrogen-bond donors (Lipinski definition) is 2. The molecular formula is C26H30N6O3S. The summed E-state index contributed by atoms with van der Waals surface area (Å²) in [6, 6.07) is 14.6. The molecule has 0 aliphatic carbocycles. The van der Waals surface area contributed by atoms with Gasteiger partial charge in [0.05, 0.1) is 11.1 Å². The van der Waals surface area contributed by atoms with E-state index in [0.717, 1.165) is 10.9 Å². The molecule has 0 aliphatic heterocycles. The van der Waals surface area contributed by atoms with Gasteiger partial charge in [0.1, 0.15) is 17.5 Å². The molecule has 36 heavy (non-hydrogen) atoms. The summed E-state index contributed by atoms with van der Waals surface area (Å²) in [6.45, 7) is 3.24. The van der Waals surface area contributed by atoms with Crippen LogP contribution in [-0.4, -0.2) is 54.7 Å². The van der Waals surface area contributed by atoms with Gasteiger partial charge in [-0.3, -0.25) is 4.79 Å². The zero-order valence-electron chi connectivity index (χ0n) is 20.8. The van der Waals surface area contributed by atoms with Crippen molar-refractivity contribution in [2.45, 2.75) is 19.2 Å². The fraction of sp³-hybridized carbons (Fsp3) is 0.269. The second kappa shape index (κ2) is 10.5. The monoisotopic (exact) mass is 506 g/mol. The first-order chi connectivity index (χ1) is 17.1. The molecule has 0 bridgehead atoms. The minimum absolute atomic E-state index is 0.0747. The summed E-state index contributed by atoms with van der Waals surface area (Å²) in [5, 5.41) is 7.65. The maximum Gasteiger partial charge on any atom is 0.262 e. The van der Waals surface area contributed by atoms with E-state index in [1.165, 1.54) is 6.26 Å². The second-order valence-electron chi connectivity index (χ2n) is 9.18. The molecule has 3 heterocycles. The smallest absolute Gasteiger partial charge is 0.262 e. The molecule has 0 radical (unpaired) electrons. The topological polar surface area (TPSA) is 109 Å². The van der Waals surface area contributed by atoms with Gasteiger partial charge >= 0.3 is 0 Å². The van der Waals surface area contributed by atoms with Gasteiger partial charge in [0.25, 0.3) is 5.56 Å². The third kappa shape index (κ3) is 6.46. The number of nitrogens with one attached hydrogen (secondary N) is 2. The van der Waals surface area contributed by atoms with Gasteiger partial charge in [-0.1, -0.05) is 12.1 Å². The van der Waals surface area contributed by atoms with Crippen molar-refractivity contribution < 1.29 is 8.42 Å². The average Bonchev–Trinajstić information content (AvgIpc) is 2.77. The van der Waals surface area contributed by atoms with E-state index in [4.69, 9.17) is 4.98 Å². The van der Waals surface area contributed by atoms with E-state index < -0.39 is 9.84 Å². The molecule has 1 aromatic carbocycles. The van der Waals surface area contributed by atoms with Crippen molar-refractivity contribution in [1.82, 2.24) is 19.4 Å². The van der Waals surface area contributed by atoms with Crippen molar-refractivity contribution in [3.63, 3.8) is 0 Å². The van der Waals surface area contributed by atoms with E-state index in [9.17, 15) is 13.2 Å². The Hall–Kier alpha value is -3.76. The van der Waals surface area contributed by atoms with Crippen LogP contribution in [0.2, 0.25) is 0 Å². The summed E-state index contributed by atoms with van der Waals surface area (Å²) in [7, 11) is 0.730. The van der Waals surface area contributed by atoms with Gasteiger partial charge in [-0.2, -0.15) is 0 Å². The molecule has 9 nitrogen and oxygen atoms in total. The van der Waals surface area contributed by atoms with Crippen molar-refractivity contribution in [2.75, 3.05) is 37.5 Å². The molecule has 0 aliphatic rings. The van der Waals surface area contributed by atoms with E-state index in [1.807, 2.05) is 56.3 Å². The normalized spacial score (nSPS) is 11.7. The summed E-state index contributed by atoms with van der Waals surface area (Å²) in [4.78, 5) is 24.6. The minimum Gasteiger partial charge on any atom is -0.339 e. The maximum atomic E-state index is 13.5. The van der Waals surface area contributed by atoms with Crippen LogP contribution in [0.15, 0.2) is 65.7 Å². The quantitative estimate of drug-likeness (QED) is 0.354. The Labute approximate surface area is 210 Å². The summed E-state index contributed by atoms with van der Waals surface area (Å²) in [5.74, 6) is 1.47. The number of benzene rings is 1. The van der Waals surface area contributed by atoms with Gasteiger partial charge < -0.3 is 20.1 Å². The molecule has 0 spiro atoms. The Morgan fingerprint density at radius 1 is 1.03 bits per heavy atom. The standard InChI is InChI=1S/C26H30N6O3S/c1-18-8-10-27-22(14-18)29-23-16-20-9-11-32(13-12-31(2)3)26(33)24(20)25(30-23)28-21-7-5-6-19(15-21)17-36(4,34)35/h5-11,14-16H,12-13,17H2,1-4H3,(H2,27,28,29,30). The molecule has 0 saturated heterocycles. The first-order valence-corrected chi connectivity index (χ1v) is 13.6. The predicted molar refractivity (Wildman–Crippen MR) is 145 cm³/mol. The number of sulfone groups is 1. The minimum atomic E-state index is -3.19. The van der Waals surface area contributed by atoms with Crippen molar-refractivity contribution in [2.24, 2.45) is 0 Å². The van der Waals surface area contributed by atoms with E-state index in [2.05, 4.69) is 15.6 Å². The van der Waals surface area contributed by atoms with Gasteiger partial charge in [0, 0.05) is 37.4 Å². The summed E-state index contributed by atoms with van der Waals surface area (Å²) < 4.78 is 25.2. The van der Waals surface area contributed by atoms with Crippen LogP contribution in [0.25, 0.3) is 10.8 Å². The molecule has 10 heteroatoms. The highest BCUT2D eigenvalue weighted by molar-refractivity contribution is 7.89. The highest BCUT2D eigenvalue weighted by atomic mass is 32.2. The predicted octanol–water partition coefficient (Wildman–Crippen LogP) is 3.69. The van der Waals surface area contributed by atoms with E-state index in [0.29, 0.717) is 47.2 Å². The third-order valence-corrected chi connectivity index (χ3v) is 6.39. The molecule has 0 fully saturated rings. The number of aryl methyl sites for hydroxylation is 1. The van der Waals surface area contributed by atoms with Crippen LogP contribution in [0.5, 0.6) is 0 Å². The Morgan fingerprint density at radius 2 is 1.83 bits per heavy atom. The van der Waals surface area contributed by atoms with Gasteiger partial charge in [-0.15, -0.1) is 0 Å². The Morgan fingerprint density at radius 3 is 2.56 bits per heavy atom. The van der Waals surface area contributed by atoms with Crippen LogP contribution in [0, 0.1) is 6.92 Å². The summed E-state index contributed by atoms with van der Waals surface area (Å²) in [5.41, 5.74) is 2.18. The molecule has 4 rings (SSSR count). The lowest BCUT2D eigenvalue weighted by atomic mass is 10.1. The van der Waals surface area contributed by atoms with Gasteiger partial charge in [0.2, 0.25) is 0 Å². The largest absolute Gasteiger partial charge is 0.339 e. The highest BCUT2D eigenvalue weighted by Crippen LogP contribution is 2.27. The number of aromatic nitrogens is 3. The molecule has 0 amide bonds. The van der Waals surface area contributed by atoms with Crippen LogP contribution < -0.4 is 16.2 Å². The Balaban J connectivity index is 1.80. The van der Waals surface area contributed by atoms with E-state index in [1.54, 1.807) is 35.2 Å².